The van der Waals surface area contributed by atoms with E-state index in [1.807, 2.05) is 12.1 Å². The number of methoxy groups -OCH3 is 1. The first-order valence-electron chi connectivity index (χ1n) is 5.86. The summed E-state index contributed by atoms with van der Waals surface area (Å²) < 4.78 is 31.9. The van der Waals surface area contributed by atoms with Gasteiger partial charge in [0.25, 0.3) is 0 Å². The molecular weight excluding hydrogens is 298 g/mol. The second-order valence-corrected chi connectivity index (χ2v) is 6.81. The van der Waals surface area contributed by atoms with Gasteiger partial charge in [-0.1, -0.05) is 18.2 Å². The van der Waals surface area contributed by atoms with E-state index in [0.717, 1.165) is 5.56 Å². The van der Waals surface area contributed by atoms with Crippen LogP contribution < -0.4 is 9.46 Å². The molecule has 0 aliphatic heterocycles. The van der Waals surface area contributed by atoms with Crippen LogP contribution in [0.4, 0.5) is 0 Å². The average Bonchev–Trinajstić information content (AvgIpc) is 2.95. The van der Waals surface area contributed by atoms with Gasteiger partial charge in [0.15, 0.2) is 0 Å². The molecule has 0 aliphatic carbocycles. The van der Waals surface area contributed by atoms with Crippen molar-refractivity contribution in [3.05, 3.63) is 46.2 Å². The highest BCUT2D eigenvalue weighted by Crippen LogP contribution is 2.21. The van der Waals surface area contributed by atoms with Crippen molar-refractivity contribution in [2.24, 2.45) is 0 Å². The number of nitrogens with one attached hydrogen (secondary N) is 1. The monoisotopic (exact) mass is 313 g/mol. The number of aliphatic hydroxyl groups is 1. The molecule has 2 N–H and O–H groups in total. The fourth-order valence-electron chi connectivity index (χ4n) is 1.69. The van der Waals surface area contributed by atoms with Crippen LogP contribution in [-0.4, -0.2) is 20.6 Å². The zero-order valence-electron chi connectivity index (χ0n) is 10.9. The Morgan fingerprint density at radius 3 is 2.75 bits per heavy atom. The summed E-state index contributed by atoms with van der Waals surface area (Å²) in [6, 6.07) is 8.69. The molecule has 0 atom stereocenters. The summed E-state index contributed by atoms with van der Waals surface area (Å²) in [5, 5.41) is 10.5. The fourth-order valence-corrected chi connectivity index (χ4v) is 3.83. The van der Waals surface area contributed by atoms with Gasteiger partial charge in [-0.3, -0.25) is 0 Å². The van der Waals surface area contributed by atoms with E-state index >= 15 is 0 Å². The molecule has 108 valence electrons. The van der Waals surface area contributed by atoms with Gasteiger partial charge in [0.2, 0.25) is 10.0 Å². The molecule has 2 aromatic rings. The van der Waals surface area contributed by atoms with Crippen molar-refractivity contribution in [3.8, 4) is 5.75 Å². The van der Waals surface area contributed by atoms with Gasteiger partial charge in [-0.25, -0.2) is 13.1 Å². The van der Waals surface area contributed by atoms with E-state index in [2.05, 4.69) is 4.72 Å². The molecule has 0 radical (unpaired) electrons. The molecule has 0 saturated heterocycles. The highest BCUT2D eigenvalue weighted by molar-refractivity contribution is 7.89. The van der Waals surface area contributed by atoms with E-state index in [9.17, 15) is 8.42 Å². The van der Waals surface area contributed by atoms with Gasteiger partial charge >= 0.3 is 0 Å². The minimum Gasteiger partial charge on any atom is -0.496 e. The van der Waals surface area contributed by atoms with E-state index in [1.165, 1.54) is 22.8 Å². The van der Waals surface area contributed by atoms with Crippen molar-refractivity contribution in [2.45, 2.75) is 18.0 Å². The number of para-hydroxylation sites is 1. The summed E-state index contributed by atoms with van der Waals surface area (Å²) >= 11 is 1.21. The Labute approximate surface area is 121 Å². The first-order chi connectivity index (χ1) is 9.56. The molecular formula is C13H15NO4S2. The molecule has 0 saturated carbocycles. The maximum Gasteiger partial charge on any atom is 0.241 e. The van der Waals surface area contributed by atoms with E-state index < -0.39 is 10.0 Å². The van der Waals surface area contributed by atoms with Gasteiger partial charge in [0.05, 0.1) is 18.6 Å². The van der Waals surface area contributed by atoms with Crippen molar-refractivity contribution in [1.29, 1.82) is 0 Å². The molecule has 2 rings (SSSR count). The summed E-state index contributed by atoms with van der Waals surface area (Å²) in [4.78, 5) is 0.782. The van der Waals surface area contributed by atoms with Gasteiger partial charge in [-0.05, 0) is 12.1 Å². The first-order valence-corrected chi connectivity index (χ1v) is 8.23. The van der Waals surface area contributed by atoms with Crippen molar-refractivity contribution in [3.63, 3.8) is 0 Å². The third-order valence-corrected chi connectivity index (χ3v) is 5.19. The molecule has 1 aromatic heterocycles. The number of sulfonamides is 1. The largest absolute Gasteiger partial charge is 0.496 e. The predicted octanol–water partition coefficient (Wildman–Crippen LogP) is 1.73. The molecule has 1 heterocycles. The highest BCUT2D eigenvalue weighted by atomic mass is 32.2. The van der Waals surface area contributed by atoms with Crippen LogP contribution in [0.5, 0.6) is 5.75 Å². The lowest BCUT2D eigenvalue weighted by atomic mass is 10.2. The van der Waals surface area contributed by atoms with Gasteiger partial charge < -0.3 is 9.84 Å². The smallest absolute Gasteiger partial charge is 0.241 e. The van der Waals surface area contributed by atoms with Crippen molar-refractivity contribution in [2.75, 3.05) is 7.11 Å². The van der Waals surface area contributed by atoms with Crippen molar-refractivity contribution in [1.82, 2.24) is 4.72 Å². The van der Waals surface area contributed by atoms with Crippen LogP contribution in [0.2, 0.25) is 0 Å². The lowest BCUT2D eigenvalue weighted by molar-refractivity contribution is 0.285. The summed E-state index contributed by atoms with van der Waals surface area (Å²) in [7, 11) is -2.04. The molecule has 0 unspecified atom stereocenters. The molecule has 7 heteroatoms. The number of thiophene rings is 1. The number of rotatable bonds is 6. The van der Waals surface area contributed by atoms with Crippen LogP contribution in [0.25, 0.3) is 0 Å². The van der Waals surface area contributed by atoms with E-state index in [1.54, 1.807) is 19.2 Å². The Morgan fingerprint density at radius 2 is 2.10 bits per heavy atom. The van der Waals surface area contributed by atoms with Crippen LogP contribution in [0, 0.1) is 0 Å². The van der Waals surface area contributed by atoms with Gasteiger partial charge in [0, 0.05) is 22.4 Å². The lowest BCUT2D eigenvalue weighted by Crippen LogP contribution is -2.23. The highest BCUT2D eigenvalue weighted by Gasteiger charge is 2.16. The number of hydrogen-bond donors (Lipinski definition) is 2. The molecule has 0 aliphatic rings. The molecule has 5 nitrogen and oxygen atoms in total. The standard InChI is InChI=1S/C13H15NO4S2/c1-18-13-5-3-2-4-10(13)7-14-20(16,17)12-6-11(8-15)19-9-12/h2-6,9,14-15H,7-8H2,1H3. The number of ether oxygens (including phenoxy) is 1. The Morgan fingerprint density at radius 1 is 1.35 bits per heavy atom. The van der Waals surface area contributed by atoms with Crippen LogP contribution in [0.15, 0.2) is 40.6 Å². The predicted molar refractivity (Wildman–Crippen MR) is 77.3 cm³/mol. The summed E-state index contributed by atoms with van der Waals surface area (Å²) in [5.74, 6) is 0.636. The summed E-state index contributed by atoms with van der Waals surface area (Å²) in [5.41, 5.74) is 0.760. The quantitative estimate of drug-likeness (QED) is 0.851. The molecule has 0 amide bonds. The second kappa shape index (κ2) is 6.36. The molecule has 0 fully saturated rings. The van der Waals surface area contributed by atoms with Gasteiger partial charge in [0.1, 0.15) is 5.75 Å². The maximum absolute atomic E-state index is 12.1. The Kier molecular flexibility index (Phi) is 4.77. The Hall–Kier alpha value is -1.41. The van der Waals surface area contributed by atoms with Gasteiger partial charge in [-0.15, -0.1) is 11.3 Å². The number of hydrogen-bond acceptors (Lipinski definition) is 5. The molecule has 0 spiro atoms. The first kappa shape index (κ1) is 15.0. The Bertz CT molecular complexity index is 679. The number of benzene rings is 1. The fraction of sp³-hybridized carbons (Fsp3) is 0.231. The van der Waals surface area contributed by atoms with Crippen molar-refractivity contribution >= 4 is 21.4 Å². The van der Waals surface area contributed by atoms with Gasteiger partial charge in [-0.2, -0.15) is 0 Å². The lowest BCUT2D eigenvalue weighted by Gasteiger charge is -2.09. The zero-order chi connectivity index (χ0) is 14.6. The normalized spacial score (nSPS) is 11.5. The molecule has 20 heavy (non-hydrogen) atoms. The topological polar surface area (TPSA) is 75.6 Å². The third kappa shape index (κ3) is 3.37. The van der Waals surface area contributed by atoms with E-state index in [0.29, 0.717) is 10.6 Å². The molecule has 1 aromatic carbocycles. The average molecular weight is 313 g/mol. The molecule has 0 bridgehead atoms. The SMILES string of the molecule is COc1ccccc1CNS(=O)(=O)c1csc(CO)c1. The zero-order valence-corrected chi connectivity index (χ0v) is 12.5. The second-order valence-electron chi connectivity index (χ2n) is 4.04. The number of aliphatic hydroxyl groups excluding tert-OH is 1. The third-order valence-electron chi connectivity index (χ3n) is 2.74. The summed E-state index contributed by atoms with van der Waals surface area (Å²) in [6.45, 7) is -0.0106. The van der Waals surface area contributed by atoms with Crippen molar-refractivity contribution < 1.29 is 18.3 Å². The minimum absolute atomic E-state index is 0.149. The summed E-state index contributed by atoms with van der Waals surface area (Å²) in [6.07, 6.45) is 0. The minimum atomic E-state index is -3.58. The van der Waals surface area contributed by atoms with Crippen LogP contribution >= 0.6 is 11.3 Å². The van der Waals surface area contributed by atoms with E-state index in [-0.39, 0.29) is 18.0 Å². The maximum atomic E-state index is 12.1. The van der Waals surface area contributed by atoms with Crippen LogP contribution in [-0.2, 0) is 23.2 Å². The van der Waals surface area contributed by atoms with Crippen LogP contribution in [0.3, 0.4) is 0 Å². The van der Waals surface area contributed by atoms with E-state index in [4.69, 9.17) is 9.84 Å². The van der Waals surface area contributed by atoms with Crippen LogP contribution in [0.1, 0.15) is 10.4 Å². The Balaban J connectivity index is 2.13.